The maximum atomic E-state index is 13.1. The predicted molar refractivity (Wildman–Crippen MR) is 291 cm³/mol. The number of allylic oxidation sites excluding steroid dienone is 4. The first kappa shape index (κ1) is 55.2. The van der Waals surface area contributed by atoms with Gasteiger partial charge in [-0.1, -0.05) is 39.2 Å². The molecule has 14 heteroatoms. The number of aliphatic carboxylic acids is 2. The van der Waals surface area contributed by atoms with Gasteiger partial charge >= 0.3 is 17.9 Å². The van der Waals surface area contributed by atoms with Gasteiger partial charge in [0.2, 0.25) is 0 Å². The average Bonchev–Trinajstić information content (AvgIpc) is 4.08. The number of unbranched alkanes of at least 4 members (excludes halogenated alkanes) is 2. The van der Waals surface area contributed by atoms with Gasteiger partial charge in [-0.2, -0.15) is 0 Å². The van der Waals surface area contributed by atoms with Crippen LogP contribution in [0.3, 0.4) is 0 Å². The molecule has 402 valence electrons. The third-order valence-electron chi connectivity index (χ3n) is 18.6. The fourth-order valence-corrected chi connectivity index (χ4v) is 14.5. The van der Waals surface area contributed by atoms with Crippen molar-refractivity contribution in [2.75, 3.05) is 0 Å². The standard InChI is InChI=1S/C34H38N4O6.C27H40O4/c1-15-21(7-9-31(41)42)27-14-28-22(8-10-32(43)44)16(2)24(36-28)12-29-34(20(6)40)18(4)26(38-29)13-30-33(19(5)39)17(3)25(37-30)11-23(15)35-27;1-5-6-7-8-24(30)31-27(18(2)28)16-13-23-21-10-9-19-17-20(29)11-14-25(19,3)22(21)12-15-26(23,27)4/h11-14,19-20,35,38-40H,7-10H2,1-6H3,(H,41,42)(H,43,44);17,21-23H,5-16H2,1-4H3/t;21-,22+,23+,25+,26+,27+/m.1/s1. The lowest BCUT2D eigenvalue weighted by Gasteiger charge is -2.59. The van der Waals surface area contributed by atoms with Gasteiger partial charge < -0.3 is 35.1 Å². The number of H-pyrrole nitrogens is 2. The van der Waals surface area contributed by atoms with Crippen LogP contribution in [0.15, 0.2) is 35.9 Å². The molecule has 2 unspecified atom stereocenters. The zero-order valence-electron chi connectivity index (χ0n) is 45.7. The van der Waals surface area contributed by atoms with E-state index in [1.165, 1.54) is 5.57 Å². The van der Waals surface area contributed by atoms with Crippen LogP contribution in [0.25, 0.3) is 44.4 Å². The van der Waals surface area contributed by atoms with Crippen LogP contribution in [0.2, 0.25) is 0 Å². The minimum Gasteiger partial charge on any atom is -0.481 e. The van der Waals surface area contributed by atoms with Crippen LogP contribution in [0.5, 0.6) is 0 Å². The predicted octanol–water partition coefficient (Wildman–Crippen LogP) is 12.1. The van der Waals surface area contributed by atoms with E-state index < -0.39 is 29.7 Å². The summed E-state index contributed by atoms with van der Waals surface area (Å²) >= 11 is 0. The van der Waals surface area contributed by atoms with Crippen molar-refractivity contribution in [2.24, 2.45) is 28.6 Å². The number of esters is 1. The van der Waals surface area contributed by atoms with Crippen LogP contribution < -0.4 is 0 Å². The zero-order valence-corrected chi connectivity index (χ0v) is 45.7. The van der Waals surface area contributed by atoms with Crippen molar-refractivity contribution in [1.82, 2.24) is 19.9 Å². The second kappa shape index (κ2) is 21.6. The molecular weight excluding hydrogens is 949 g/mol. The number of hydrogen-bond donors (Lipinski definition) is 6. The summed E-state index contributed by atoms with van der Waals surface area (Å²) in [4.78, 5) is 77.7. The Morgan fingerprint density at radius 2 is 1.33 bits per heavy atom. The van der Waals surface area contributed by atoms with Gasteiger partial charge in [0.05, 0.1) is 35.0 Å². The molecule has 0 radical (unpaired) electrons. The minimum atomic E-state index is -0.953. The molecule has 2 aliphatic heterocycles. The van der Waals surface area contributed by atoms with E-state index in [-0.39, 0.29) is 54.0 Å². The van der Waals surface area contributed by atoms with Gasteiger partial charge in [-0.05, 0) is 200 Å². The second-order valence-corrected chi connectivity index (χ2v) is 22.9. The molecule has 4 aliphatic carbocycles. The maximum Gasteiger partial charge on any atom is 0.306 e. The van der Waals surface area contributed by atoms with E-state index in [0.29, 0.717) is 82.0 Å². The number of fused-ring (bicyclic) bond motifs is 13. The molecule has 14 nitrogen and oxygen atoms in total. The summed E-state index contributed by atoms with van der Waals surface area (Å²) in [6, 6.07) is 7.51. The summed E-state index contributed by atoms with van der Waals surface area (Å²) in [5, 5.41) is 40.5. The van der Waals surface area contributed by atoms with Gasteiger partial charge in [0, 0.05) is 64.3 Å². The number of carbonyl (C=O) groups is 5. The van der Waals surface area contributed by atoms with Crippen LogP contribution in [0.4, 0.5) is 0 Å². The number of nitrogens with one attached hydrogen (secondary N) is 2. The number of aromatic nitrogens is 4. The summed E-state index contributed by atoms with van der Waals surface area (Å²) in [7, 11) is 0. The van der Waals surface area contributed by atoms with Crippen molar-refractivity contribution in [3.63, 3.8) is 0 Å². The first-order valence-corrected chi connectivity index (χ1v) is 27.4. The topological polar surface area (TPSA) is 233 Å². The van der Waals surface area contributed by atoms with Crippen molar-refractivity contribution in [3.05, 3.63) is 80.9 Å². The van der Waals surface area contributed by atoms with Gasteiger partial charge in [-0.15, -0.1) is 0 Å². The van der Waals surface area contributed by atoms with Gasteiger partial charge in [0.1, 0.15) is 0 Å². The molecule has 3 aromatic heterocycles. The first-order valence-electron chi connectivity index (χ1n) is 27.4. The number of aryl methyl sites for hydroxylation is 3. The van der Waals surface area contributed by atoms with E-state index in [0.717, 1.165) is 102 Å². The van der Waals surface area contributed by atoms with E-state index in [2.05, 4.69) is 30.7 Å². The molecule has 9 rings (SSSR count). The van der Waals surface area contributed by atoms with E-state index in [1.807, 2.05) is 58.0 Å². The molecule has 0 saturated heterocycles. The summed E-state index contributed by atoms with van der Waals surface area (Å²) in [6.07, 6.45) is 11.5. The number of aromatic amines is 2. The Labute approximate surface area is 440 Å². The van der Waals surface area contributed by atoms with E-state index >= 15 is 0 Å². The zero-order chi connectivity index (χ0) is 54.5. The molecule has 6 aliphatic rings. The molecule has 8 bridgehead atoms. The number of hydrogen-bond acceptors (Lipinski definition) is 10. The van der Waals surface area contributed by atoms with Crippen molar-refractivity contribution in [3.8, 4) is 0 Å². The quantitative estimate of drug-likeness (QED) is 0.0654. The fourth-order valence-electron chi connectivity index (χ4n) is 14.5. The van der Waals surface area contributed by atoms with Crippen LogP contribution in [-0.4, -0.2) is 81.5 Å². The number of rotatable bonds is 14. The van der Waals surface area contributed by atoms with E-state index in [1.54, 1.807) is 20.8 Å². The largest absolute Gasteiger partial charge is 0.481 e. The van der Waals surface area contributed by atoms with Gasteiger partial charge in [-0.25, -0.2) is 9.97 Å². The summed E-state index contributed by atoms with van der Waals surface area (Å²) in [6.45, 7) is 19.5. The molecular formula is C61H78N4O10. The Balaban J connectivity index is 0.000000211. The molecule has 3 aromatic rings. The van der Waals surface area contributed by atoms with E-state index in [4.69, 9.17) is 14.7 Å². The summed E-state index contributed by atoms with van der Waals surface area (Å²) in [5.41, 5.74) is 12.0. The Bertz CT molecular complexity index is 3100. The number of ether oxygens (including phenoxy) is 1. The Morgan fingerprint density at radius 1 is 0.720 bits per heavy atom. The van der Waals surface area contributed by atoms with Crippen LogP contribution in [0, 0.1) is 42.4 Å². The maximum absolute atomic E-state index is 13.1. The molecule has 0 aromatic carbocycles. The molecule has 75 heavy (non-hydrogen) atoms. The lowest BCUT2D eigenvalue weighted by molar-refractivity contribution is -0.189. The van der Waals surface area contributed by atoms with Crippen molar-refractivity contribution >= 4 is 73.8 Å². The highest BCUT2D eigenvalue weighted by Gasteiger charge is 2.68. The SMILES string of the molecule is CC1=C(CCC(=O)O)c2cc3[nH]c(cc4nc(cc5[nH]c(cc1n2)c(C(C)O)c5C)C(C(C)O)=C4C)c(C)c3CCC(=O)O.CCCCCC(=O)O[C@]1(C(C)=O)CC[C@H]2[C@@H]3CCC4=CC(=O)CC[C@]4(C)[C@H]3CC[C@@]21C. The summed E-state index contributed by atoms with van der Waals surface area (Å²) in [5.74, 6) is -0.167. The molecule has 3 fully saturated rings. The van der Waals surface area contributed by atoms with Crippen LogP contribution in [-0.2, 0) is 35.1 Å². The Kier molecular flexibility index (Phi) is 15.9. The van der Waals surface area contributed by atoms with E-state index in [9.17, 15) is 44.4 Å². The molecule has 5 heterocycles. The summed E-state index contributed by atoms with van der Waals surface area (Å²) < 4.78 is 6.16. The smallest absolute Gasteiger partial charge is 0.306 e. The van der Waals surface area contributed by atoms with Gasteiger partial charge in [0.15, 0.2) is 17.2 Å². The Hall–Kier alpha value is -5.99. The number of carboxylic acid groups (broad SMARTS) is 2. The number of Topliss-reactive ketones (excluding diaryl/α,β-unsaturated/α-hetero) is 1. The fraction of sp³-hybridized carbons (Fsp3) is 0.557. The lowest BCUT2D eigenvalue weighted by atomic mass is 9.46. The lowest BCUT2D eigenvalue weighted by Crippen LogP contribution is -2.58. The number of carbonyl (C=O) groups excluding carboxylic acids is 3. The molecule has 8 atom stereocenters. The second-order valence-electron chi connectivity index (χ2n) is 22.9. The highest BCUT2D eigenvalue weighted by molar-refractivity contribution is 5.96. The highest BCUT2D eigenvalue weighted by Crippen LogP contribution is 2.68. The van der Waals surface area contributed by atoms with Gasteiger partial charge in [-0.3, -0.25) is 24.0 Å². The Morgan fingerprint density at radius 3 is 2.00 bits per heavy atom. The van der Waals surface area contributed by atoms with Crippen LogP contribution in [0.1, 0.15) is 203 Å². The van der Waals surface area contributed by atoms with Crippen molar-refractivity contribution in [2.45, 2.75) is 190 Å². The number of aliphatic hydroxyl groups is 2. The minimum absolute atomic E-state index is 0.0330. The first-order chi connectivity index (χ1) is 35.4. The molecule has 0 amide bonds. The normalized spacial score (nSPS) is 25.8. The third kappa shape index (κ3) is 10.3. The molecule has 6 N–H and O–H groups in total. The number of nitrogens with zero attached hydrogens (tertiary/aromatic N) is 2. The number of aliphatic hydroxyl groups excluding tert-OH is 2. The monoisotopic (exact) mass is 1030 g/mol. The molecule has 3 saturated carbocycles. The van der Waals surface area contributed by atoms with Crippen molar-refractivity contribution in [1.29, 1.82) is 0 Å². The average molecular weight is 1030 g/mol. The van der Waals surface area contributed by atoms with Crippen molar-refractivity contribution < 1.29 is 49.1 Å². The third-order valence-corrected chi connectivity index (χ3v) is 18.6. The van der Waals surface area contributed by atoms with Crippen LogP contribution >= 0.6 is 0 Å². The number of ketones is 2. The number of carboxylic acids is 2. The van der Waals surface area contributed by atoms with Gasteiger partial charge in [0.25, 0.3) is 0 Å². The highest BCUT2D eigenvalue weighted by atomic mass is 16.6. The molecule has 0 spiro atoms.